The van der Waals surface area contributed by atoms with Crippen molar-refractivity contribution < 1.29 is 14.7 Å². The van der Waals surface area contributed by atoms with Crippen LogP contribution in [0.5, 0.6) is 0 Å². The zero-order valence-corrected chi connectivity index (χ0v) is 14.0. The van der Waals surface area contributed by atoms with Crippen LogP contribution in [0.15, 0.2) is 54.6 Å². The molecule has 0 saturated heterocycles. The molecule has 0 bridgehead atoms. The molecule has 1 unspecified atom stereocenters. The van der Waals surface area contributed by atoms with Crippen LogP contribution in [0.4, 0.5) is 0 Å². The van der Waals surface area contributed by atoms with Crippen molar-refractivity contribution in [2.24, 2.45) is 5.73 Å². The fraction of sp³-hybridized carbons (Fsp3) is 0.300. The van der Waals surface area contributed by atoms with E-state index in [2.05, 4.69) is 0 Å². The highest BCUT2D eigenvalue weighted by Crippen LogP contribution is 2.26. The first-order valence-corrected chi connectivity index (χ1v) is 8.46. The number of aliphatic hydroxyl groups is 1. The van der Waals surface area contributed by atoms with E-state index >= 15 is 0 Å². The van der Waals surface area contributed by atoms with Gasteiger partial charge >= 0.3 is 0 Å². The molecular formula is C20H22N2O3. The zero-order valence-electron chi connectivity index (χ0n) is 14.0. The van der Waals surface area contributed by atoms with Crippen molar-refractivity contribution in [2.75, 3.05) is 13.1 Å². The number of nitrogens with two attached hydrogens (primary N) is 1. The van der Waals surface area contributed by atoms with E-state index in [1.165, 1.54) is 4.90 Å². The summed E-state index contributed by atoms with van der Waals surface area (Å²) >= 11 is 0. The van der Waals surface area contributed by atoms with Gasteiger partial charge < -0.3 is 10.8 Å². The summed E-state index contributed by atoms with van der Waals surface area (Å²) in [6, 6.07) is 16.5. The molecule has 5 heteroatoms. The van der Waals surface area contributed by atoms with Gasteiger partial charge in [-0.3, -0.25) is 14.5 Å². The first-order valence-electron chi connectivity index (χ1n) is 8.46. The third-order valence-electron chi connectivity index (χ3n) is 4.66. The Morgan fingerprint density at radius 2 is 1.44 bits per heavy atom. The quantitative estimate of drug-likeness (QED) is 0.756. The molecule has 1 aliphatic heterocycles. The van der Waals surface area contributed by atoms with Crippen molar-refractivity contribution in [2.45, 2.75) is 24.9 Å². The summed E-state index contributed by atoms with van der Waals surface area (Å²) < 4.78 is 0. The Bertz CT molecular complexity index is 741. The van der Waals surface area contributed by atoms with Crippen molar-refractivity contribution >= 4 is 11.8 Å². The van der Waals surface area contributed by atoms with E-state index in [-0.39, 0.29) is 18.4 Å². The van der Waals surface area contributed by atoms with Gasteiger partial charge in [0, 0.05) is 13.0 Å². The highest BCUT2D eigenvalue weighted by molar-refractivity contribution is 6.21. The predicted molar refractivity (Wildman–Crippen MR) is 95.2 cm³/mol. The van der Waals surface area contributed by atoms with Gasteiger partial charge in [-0.2, -0.15) is 0 Å². The van der Waals surface area contributed by atoms with Gasteiger partial charge in [-0.15, -0.1) is 0 Å². The van der Waals surface area contributed by atoms with E-state index in [9.17, 15) is 14.7 Å². The number of rotatable bonds is 7. The van der Waals surface area contributed by atoms with Gasteiger partial charge in [-0.25, -0.2) is 0 Å². The molecular weight excluding hydrogens is 316 g/mol. The summed E-state index contributed by atoms with van der Waals surface area (Å²) in [4.78, 5) is 26.1. The van der Waals surface area contributed by atoms with Crippen molar-refractivity contribution in [1.29, 1.82) is 0 Å². The number of carbonyl (C=O) groups is 2. The molecule has 5 nitrogen and oxygen atoms in total. The Hall–Kier alpha value is -2.50. The molecule has 0 spiro atoms. The maximum absolute atomic E-state index is 12.4. The molecule has 25 heavy (non-hydrogen) atoms. The van der Waals surface area contributed by atoms with Crippen molar-refractivity contribution in [3.63, 3.8) is 0 Å². The van der Waals surface area contributed by atoms with Gasteiger partial charge in [-0.1, -0.05) is 42.5 Å². The molecule has 0 fully saturated rings. The predicted octanol–water partition coefficient (Wildman–Crippen LogP) is 2.00. The van der Waals surface area contributed by atoms with E-state index in [1.807, 2.05) is 30.3 Å². The summed E-state index contributed by atoms with van der Waals surface area (Å²) in [5.74, 6) is -0.592. The average molecular weight is 338 g/mol. The monoisotopic (exact) mass is 338 g/mol. The maximum atomic E-state index is 12.4. The third-order valence-corrected chi connectivity index (χ3v) is 4.66. The summed E-state index contributed by atoms with van der Waals surface area (Å²) in [6.07, 6.45) is 1.14. The first kappa shape index (κ1) is 17.3. The Kier molecular flexibility index (Phi) is 4.97. The molecule has 1 aliphatic rings. The molecule has 2 aromatic rings. The van der Waals surface area contributed by atoms with Gasteiger partial charge in [0.15, 0.2) is 0 Å². The van der Waals surface area contributed by atoms with E-state index in [4.69, 9.17) is 5.73 Å². The molecule has 0 aromatic heterocycles. The van der Waals surface area contributed by atoms with Crippen LogP contribution in [0.3, 0.4) is 0 Å². The molecule has 0 aliphatic carbocycles. The fourth-order valence-electron chi connectivity index (χ4n) is 3.31. The minimum absolute atomic E-state index is 0.176. The van der Waals surface area contributed by atoms with E-state index < -0.39 is 5.60 Å². The van der Waals surface area contributed by atoms with Crippen molar-refractivity contribution in [1.82, 2.24) is 4.90 Å². The molecule has 0 radical (unpaired) electrons. The number of fused-ring (bicyclic) bond motifs is 1. The van der Waals surface area contributed by atoms with Crippen LogP contribution in [0.25, 0.3) is 0 Å². The van der Waals surface area contributed by atoms with E-state index in [0.29, 0.717) is 36.9 Å². The summed E-state index contributed by atoms with van der Waals surface area (Å²) in [5.41, 5.74) is 6.48. The fourth-order valence-corrected chi connectivity index (χ4v) is 3.31. The lowest BCUT2D eigenvalue weighted by Crippen LogP contribution is -2.40. The molecule has 130 valence electrons. The number of nitrogens with zero attached hydrogens (tertiary/aromatic N) is 1. The minimum Gasteiger partial charge on any atom is -0.389 e. The molecule has 3 rings (SSSR count). The lowest BCUT2D eigenvalue weighted by atomic mass is 9.88. The van der Waals surface area contributed by atoms with Crippen LogP contribution < -0.4 is 5.73 Å². The average Bonchev–Trinajstić information content (AvgIpc) is 2.86. The molecule has 2 aromatic carbocycles. The molecule has 2 amide bonds. The number of benzene rings is 2. The smallest absolute Gasteiger partial charge is 0.261 e. The standard InChI is InChI=1S/C20H22N2O3/c21-12-10-20(25,14-15-6-2-1-3-7-15)11-13-22-18(23)16-8-4-5-9-17(16)19(22)24/h1-9,25H,10-14,21H2. The number of carbonyl (C=O) groups excluding carboxylic acids is 2. The number of hydrogen-bond acceptors (Lipinski definition) is 4. The molecule has 0 saturated carbocycles. The Balaban J connectivity index is 1.72. The highest BCUT2D eigenvalue weighted by atomic mass is 16.3. The van der Waals surface area contributed by atoms with Crippen molar-refractivity contribution in [3.8, 4) is 0 Å². The van der Waals surface area contributed by atoms with Crippen LogP contribution in [0.1, 0.15) is 39.1 Å². The largest absolute Gasteiger partial charge is 0.389 e. The third kappa shape index (κ3) is 3.62. The zero-order chi connectivity index (χ0) is 17.9. The van der Waals surface area contributed by atoms with Gasteiger partial charge in [-0.05, 0) is 37.1 Å². The summed E-state index contributed by atoms with van der Waals surface area (Å²) in [7, 11) is 0. The Morgan fingerprint density at radius 3 is 2.00 bits per heavy atom. The first-order chi connectivity index (χ1) is 12.0. The van der Waals surface area contributed by atoms with E-state index in [0.717, 1.165) is 5.56 Å². The SMILES string of the molecule is NCCC(O)(CCN1C(=O)c2ccccc2C1=O)Cc1ccccc1. The van der Waals surface area contributed by atoms with Gasteiger partial charge in [0.25, 0.3) is 11.8 Å². The van der Waals surface area contributed by atoms with Crippen LogP contribution in [0.2, 0.25) is 0 Å². The molecule has 1 atom stereocenters. The lowest BCUT2D eigenvalue weighted by Gasteiger charge is -2.29. The Morgan fingerprint density at radius 1 is 0.880 bits per heavy atom. The second-order valence-electron chi connectivity index (χ2n) is 6.48. The second kappa shape index (κ2) is 7.17. The highest BCUT2D eigenvalue weighted by Gasteiger charge is 2.37. The van der Waals surface area contributed by atoms with Crippen LogP contribution in [-0.4, -0.2) is 40.5 Å². The van der Waals surface area contributed by atoms with E-state index in [1.54, 1.807) is 24.3 Å². The number of amides is 2. The van der Waals surface area contributed by atoms with Crippen molar-refractivity contribution in [3.05, 3.63) is 71.3 Å². The number of hydrogen-bond donors (Lipinski definition) is 2. The minimum atomic E-state index is -1.05. The summed E-state index contributed by atoms with van der Waals surface area (Å²) in [5, 5.41) is 11.0. The Labute approximate surface area is 147 Å². The maximum Gasteiger partial charge on any atom is 0.261 e. The van der Waals surface area contributed by atoms with Crippen LogP contribution in [-0.2, 0) is 6.42 Å². The topological polar surface area (TPSA) is 83.6 Å². The van der Waals surface area contributed by atoms with Gasteiger partial charge in [0.1, 0.15) is 0 Å². The lowest BCUT2D eigenvalue weighted by molar-refractivity contribution is 0.0170. The van der Waals surface area contributed by atoms with Gasteiger partial charge in [0.05, 0.1) is 16.7 Å². The number of imide groups is 1. The van der Waals surface area contributed by atoms with Crippen LogP contribution >= 0.6 is 0 Å². The van der Waals surface area contributed by atoms with Crippen LogP contribution in [0, 0.1) is 0 Å². The second-order valence-corrected chi connectivity index (χ2v) is 6.48. The summed E-state index contributed by atoms with van der Waals surface area (Å²) in [6.45, 7) is 0.515. The normalized spacial score (nSPS) is 16.0. The molecule has 3 N–H and O–H groups in total. The van der Waals surface area contributed by atoms with Gasteiger partial charge in [0.2, 0.25) is 0 Å². The molecule has 1 heterocycles.